The van der Waals surface area contributed by atoms with E-state index in [9.17, 15) is 27.6 Å². The van der Waals surface area contributed by atoms with Crippen molar-refractivity contribution in [3.05, 3.63) is 64.7 Å². The average molecular weight is 536 g/mol. The number of anilines is 1. The second kappa shape index (κ2) is 13.3. The summed E-state index contributed by atoms with van der Waals surface area (Å²) in [6.45, 7) is 7.98. The van der Waals surface area contributed by atoms with Crippen molar-refractivity contribution in [3.8, 4) is 0 Å². The number of amides is 3. The van der Waals surface area contributed by atoms with E-state index in [0.717, 1.165) is 24.1 Å². The number of halogens is 3. The van der Waals surface area contributed by atoms with Crippen molar-refractivity contribution in [2.24, 2.45) is 0 Å². The van der Waals surface area contributed by atoms with Crippen molar-refractivity contribution < 1.29 is 27.6 Å². The molecule has 6 N–H and O–H groups in total. The molecule has 0 aromatic heterocycles. The summed E-state index contributed by atoms with van der Waals surface area (Å²) < 4.78 is 39.1. The van der Waals surface area contributed by atoms with Crippen LogP contribution in [0, 0.1) is 0 Å². The molecule has 3 amide bonds. The molecule has 2 rings (SSSR count). The van der Waals surface area contributed by atoms with Crippen molar-refractivity contribution in [2.75, 3.05) is 18.8 Å². The maximum absolute atomic E-state index is 13.0. The average Bonchev–Trinajstić information content (AvgIpc) is 2.82. The Balaban J connectivity index is 1.96. The van der Waals surface area contributed by atoms with E-state index in [1.54, 1.807) is 0 Å². The smallest absolute Gasteiger partial charge is 0.399 e. The first-order valence-electron chi connectivity index (χ1n) is 12.3. The van der Waals surface area contributed by atoms with Crippen molar-refractivity contribution in [2.45, 2.75) is 64.8 Å². The molecule has 0 radical (unpaired) electrons. The molecular weight excluding hydrogens is 499 g/mol. The third-order valence-corrected chi connectivity index (χ3v) is 5.47. The van der Waals surface area contributed by atoms with Gasteiger partial charge in [-0.3, -0.25) is 14.4 Å². The van der Waals surface area contributed by atoms with Gasteiger partial charge in [0.15, 0.2) is 0 Å². The zero-order valence-corrected chi connectivity index (χ0v) is 22.1. The van der Waals surface area contributed by atoms with Gasteiger partial charge in [0.25, 0.3) is 5.91 Å². The molecule has 0 spiro atoms. The molecule has 208 valence electrons. The van der Waals surface area contributed by atoms with Crippen molar-refractivity contribution in [1.29, 1.82) is 0 Å². The number of nitrogens with one attached hydrogen (secondary N) is 4. The fourth-order valence-corrected chi connectivity index (χ4v) is 3.55. The largest absolute Gasteiger partial charge is 0.416 e. The Kier molecular flexibility index (Phi) is 10.7. The van der Waals surface area contributed by atoms with Crippen LogP contribution in [0.5, 0.6) is 0 Å². The van der Waals surface area contributed by atoms with Gasteiger partial charge in [0.2, 0.25) is 11.8 Å². The lowest BCUT2D eigenvalue weighted by atomic mass is 10.1. The molecule has 0 heterocycles. The second-order valence-electron chi connectivity index (χ2n) is 10.0. The molecule has 0 bridgehead atoms. The van der Waals surface area contributed by atoms with E-state index in [1.807, 2.05) is 32.9 Å². The lowest BCUT2D eigenvalue weighted by Gasteiger charge is -2.25. The lowest BCUT2D eigenvalue weighted by Crippen LogP contribution is -2.54. The maximum atomic E-state index is 13.0. The van der Waals surface area contributed by atoms with Crippen LogP contribution in [0.4, 0.5) is 18.9 Å². The Bertz CT molecular complexity index is 1110. The van der Waals surface area contributed by atoms with Crippen LogP contribution in [0.3, 0.4) is 0 Å². The predicted octanol–water partition coefficient (Wildman–Crippen LogP) is 3.16. The van der Waals surface area contributed by atoms with Crippen LogP contribution < -0.4 is 27.0 Å². The Morgan fingerprint density at radius 2 is 1.61 bits per heavy atom. The van der Waals surface area contributed by atoms with E-state index in [-0.39, 0.29) is 17.7 Å². The van der Waals surface area contributed by atoms with Crippen LogP contribution in [0.2, 0.25) is 0 Å². The topological polar surface area (TPSA) is 125 Å². The molecule has 0 aliphatic carbocycles. The van der Waals surface area contributed by atoms with E-state index < -0.39 is 47.6 Å². The number of hydrogen-bond acceptors (Lipinski definition) is 5. The zero-order chi connectivity index (χ0) is 28.5. The number of alkyl halides is 3. The molecule has 11 heteroatoms. The van der Waals surface area contributed by atoms with Crippen LogP contribution in [0.15, 0.2) is 42.5 Å². The molecule has 2 aromatic carbocycles. The molecular formula is C27H36F3N5O3. The van der Waals surface area contributed by atoms with Crippen LogP contribution in [-0.4, -0.2) is 42.4 Å². The normalized spacial score (nSPS) is 12.5. The van der Waals surface area contributed by atoms with Gasteiger partial charge in [0.1, 0.15) is 6.04 Å². The third-order valence-electron chi connectivity index (χ3n) is 5.47. The van der Waals surface area contributed by atoms with Crippen LogP contribution in [-0.2, 0) is 28.7 Å². The molecule has 0 aliphatic rings. The number of aryl methyl sites for hydroxylation is 1. The molecule has 1 atom stereocenters. The molecule has 1 unspecified atom stereocenters. The summed E-state index contributed by atoms with van der Waals surface area (Å²) in [4.78, 5) is 37.7. The zero-order valence-electron chi connectivity index (χ0n) is 22.1. The summed E-state index contributed by atoms with van der Waals surface area (Å²) in [5.41, 5.74) is 5.65. The molecule has 0 saturated carbocycles. The van der Waals surface area contributed by atoms with E-state index in [4.69, 9.17) is 5.73 Å². The van der Waals surface area contributed by atoms with Crippen LogP contribution in [0.1, 0.15) is 61.2 Å². The number of nitrogens with two attached hydrogens (primary N) is 1. The Labute approximate surface area is 220 Å². The molecule has 2 aromatic rings. The fraction of sp³-hybridized carbons (Fsp3) is 0.444. The minimum Gasteiger partial charge on any atom is -0.399 e. The van der Waals surface area contributed by atoms with Gasteiger partial charge in [-0.15, -0.1) is 0 Å². The summed E-state index contributed by atoms with van der Waals surface area (Å²) in [7, 11) is 0. The first kappa shape index (κ1) is 30.6. The van der Waals surface area contributed by atoms with Gasteiger partial charge in [-0.1, -0.05) is 31.2 Å². The highest BCUT2D eigenvalue weighted by Crippen LogP contribution is 2.31. The summed E-state index contributed by atoms with van der Waals surface area (Å²) in [6, 6.07) is 9.73. The molecule has 38 heavy (non-hydrogen) atoms. The molecule has 0 aliphatic heterocycles. The van der Waals surface area contributed by atoms with Gasteiger partial charge in [0, 0.05) is 23.3 Å². The second-order valence-corrected chi connectivity index (χ2v) is 10.0. The highest BCUT2D eigenvalue weighted by Gasteiger charge is 2.32. The van der Waals surface area contributed by atoms with Gasteiger partial charge >= 0.3 is 6.18 Å². The number of hydrogen-bond donors (Lipinski definition) is 5. The van der Waals surface area contributed by atoms with Gasteiger partial charge in [0.05, 0.1) is 12.1 Å². The number of rotatable bonds is 11. The number of nitrogen functional groups attached to an aromatic ring is 1. The highest BCUT2D eigenvalue weighted by molar-refractivity contribution is 5.98. The van der Waals surface area contributed by atoms with Crippen molar-refractivity contribution in [1.82, 2.24) is 21.3 Å². The Morgan fingerprint density at radius 1 is 0.974 bits per heavy atom. The van der Waals surface area contributed by atoms with Gasteiger partial charge < -0.3 is 27.0 Å². The summed E-state index contributed by atoms with van der Waals surface area (Å²) in [5.74, 6) is -1.95. The highest BCUT2D eigenvalue weighted by atomic mass is 19.4. The molecule has 0 saturated heterocycles. The monoisotopic (exact) mass is 535 g/mol. The van der Waals surface area contributed by atoms with E-state index >= 15 is 0 Å². The van der Waals surface area contributed by atoms with Gasteiger partial charge in [-0.05, 0) is 69.5 Å². The minimum absolute atomic E-state index is 0.234. The minimum atomic E-state index is -4.68. The first-order chi connectivity index (χ1) is 17.7. The maximum Gasteiger partial charge on any atom is 0.416 e. The van der Waals surface area contributed by atoms with Crippen molar-refractivity contribution >= 4 is 23.4 Å². The summed E-state index contributed by atoms with van der Waals surface area (Å²) in [6.07, 6.45) is -3.45. The summed E-state index contributed by atoms with van der Waals surface area (Å²) in [5, 5.41) is 10.9. The first-order valence-corrected chi connectivity index (χ1v) is 12.3. The molecule has 0 fully saturated rings. The van der Waals surface area contributed by atoms with Crippen LogP contribution >= 0.6 is 0 Å². The number of benzene rings is 2. The van der Waals surface area contributed by atoms with Crippen molar-refractivity contribution in [3.63, 3.8) is 0 Å². The SMILES string of the molecule is CCc1ccc(CNCCC(NC(=O)CNC(=O)c2cc(N)cc(C(F)(F)F)c2)C(=O)NC(C)(C)C)cc1. The van der Waals surface area contributed by atoms with Gasteiger partial charge in [-0.25, -0.2) is 0 Å². The van der Waals surface area contributed by atoms with E-state index in [1.165, 1.54) is 5.56 Å². The van der Waals surface area contributed by atoms with Crippen LogP contribution in [0.25, 0.3) is 0 Å². The quantitative estimate of drug-likeness (QED) is 0.223. The predicted molar refractivity (Wildman–Crippen MR) is 140 cm³/mol. The standard InChI is InChI=1S/C27H36F3N5O3/c1-5-17-6-8-18(9-7-17)15-32-11-10-22(25(38)35-26(2,3)4)34-23(36)16-33-24(37)19-12-20(27(28,29)30)14-21(31)13-19/h6-9,12-14,22,32H,5,10-11,15-16,31H2,1-4H3,(H,33,37)(H,34,36)(H,35,38). The Hall–Kier alpha value is -3.60. The Morgan fingerprint density at radius 3 is 2.18 bits per heavy atom. The van der Waals surface area contributed by atoms with E-state index in [0.29, 0.717) is 19.2 Å². The van der Waals surface area contributed by atoms with Gasteiger partial charge in [-0.2, -0.15) is 13.2 Å². The number of carbonyl (C=O) groups excluding carboxylic acids is 3. The lowest BCUT2D eigenvalue weighted by molar-refractivity contribution is -0.137. The molecule has 8 nitrogen and oxygen atoms in total. The number of carbonyl (C=O) groups is 3. The van der Waals surface area contributed by atoms with E-state index in [2.05, 4.69) is 40.3 Å². The third kappa shape index (κ3) is 10.4. The fourth-order valence-electron chi connectivity index (χ4n) is 3.55. The summed E-state index contributed by atoms with van der Waals surface area (Å²) >= 11 is 0.